The highest BCUT2D eigenvalue weighted by atomic mass is 32.2. The smallest absolute Gasteiger partial charge is 0.225 e. The maximum atomic E-state index is 12.2. The van der Waals surface area contributed by atoms with Gasteiger partial charge in [-0.3, -0.25) is 0 Å². The van der Waals surface area contributed by atoms with Gasteiger partial charge in [0.05, 0.1) is 11.9 Å². The van der Waals surface area contributed by atoms with E-state index in [0.717, 1.165) is 45.4 Å². The zero-order chi connectivity index (χ0) is 18.1. The Labute approximate surface area is 154 Å². The Morgan fingerprint density at radius 3 is 2.77 bits per heavy atom. The molecule has 0 aliphatic carbocycles. The molecule has 3 heterocycles. The van der Waals surface area contributed by atoms with Gasteiger partial charge >= 0.3 is 0 Å². The molecule has 6 nitrogen and oxygen atoms in total. The predicted octanol–water partition coefficient (Wildman–Crippen LogP) is 1.91. The fourth-order valence-corrected chi connectivity index (χ4v) is 4.69. The predicted molar refractivity (Wildman–Crippen MR) is 101 cm³/mol. The number of nitrogens with zero attached hydrogens (tertiary/aromatic N) is 3. The Balaban J connectivity index is 1.69. The zero-order valence-corrected chi connectivity index (χ0v) is 15.8. The molecule has 0 spiro atoms. The first kappa shape index (κ1) is 17.4. The number of anilines is 1. The molecule has 1 aromatic heterocycles. The summed E-state index contributed by atoms with van der Waals surface area (Å²) in [5, 5.41) is 3.36. The lowest BCUT2D eigenvalue weighted by molar-refractivity contribution is 0.447. The minimum Gasteiger partial charge on any atom is -0.336 e. The highest BCUT2D eigenvalue weighted by molar-refractivity contribution is 7.90. The van der Waals surface area contributed by atoms with Crippen molar-refractivity contribution in [3.8, 4) is 0 Å². The molecule has 2 aliphatic rings. The van der Waals surface area contributed by atoms with Gasteiger partial charge in [0.1, 0.15) is 4.90 Å². The van der Waals surface area contributed by atoms with Crippen molar-refractivity contribution in [3.05, 3.63) is 47.3 Å². The van der Waals surface area contributed by atoms with Crippen LogP contribution in [0.15, 0.2) is 35.4 Å². The zero-order valence-electron chi connectivity index (χ0n) is 15.0. The highest BCUT2D eigenvalue weighted by Gasteiger charge is 2.27. The van der Waals surface area contributed by atoms with E-state index in [1.54, 1.807) is 0 Å². The van der Waals surface area contributed by atoms with E-state index < -0.39 is 9.84 Å². The number of nitrogens with one attached hydrogen (secondary N) is 1. The van der Waals surface area contributed by atoms with Crippen LogP contribution in [0, 0.1) is 0 Å². The van der Waals surface area contributed by atoms with Crippen LogP contribution in [-0.4, -0.2) is 44.3 Å². The van der Waals surface area contributed by atoms with Gasteiger partial charge in [0, 0.05) is 31.8 Å². The largest absolute Gasteiger partial charge is 0.336 e. The molecular formula is C19H24N4O2S. The quantitative estimate of drug-likeness (QED) is 0.887. The van der Waals surface area contributed by atoms with Crippen molar-refractivity contribution in [2.75, 3.05) is 30.8 Å². The summed E-state index contributed by atoms with van der Waals surface area (Å²) >= 11 is 0. The van der Waals surface area contributed by atoms with Crippen LogP contribution in [0.1, 0.15) is 35.6 Å². The minimum atomic E-state index is -3.35. The molecule has 1 saturated heterocycles. The van der Waals surface area contributed by atoms with Gasteiger partial charge in [-0.05, 0) is 36.9 Å². The summed E-state index contributed by atoms with van der Waals surface area (Å²) in [5.74, 6) is 0.750. The van der Waals surface area contributed by atoms with Gasteiger partial charge in [0.25, 0.3) is 0 Å². The van der Waals surface area contributed by atoms with Gasteiger partial charge in [0.2, 0.25) is 5.95 Å². The van der Waals surface area contributed by atoms with Gasteiger partial charge in [-0.25, -0.2) is 18.4 Å². The molecule has 2 aromatic rings. The van der Waals surface area contributed by atoms with Crippen molar-refractivity contribution in [1.29, 1.82) is 0 Å². The Morgan fingerprint density at radius 1 is 1.23 bits per heavy atom. The van der Waals surface area contributed by atoms with Crippen LogP contribution >= 0.6 is 0 Å². The molecule has 1 fully saturated rings. The van der Waals surface area contributed by atoms with Gasteiger partial charge in [-0.1, -0.05) is 24.3 Å². The van der Waals surface area contributed by atoms with Crippen molar-refractivity contribution in [1.82, 2.24) is 15.3 Å². The van der Waals surface area contributed by atoms with Gasteiger partial charge in [0.15, 0.2) is 9.84 Å². The Kier molecular flexibility index (Phi) is 4.67. The summed E-state index contributed by atoms with van der Waals surface area (Å²) in [5.41, 5.74) is 3.33. The Bertz CT molecular complexity index is 908. The van der Waals surface area contributed by atoms with Crippen LogP contribution < -0.4 is 10.2 Å². The molecule has 138 valence electrons. The molecule has 1 atom stereocenters. The highest BCUT2D eigenvalue weighted by Crippen LogP contribution is 2.30. The molecule has 26 heavy (non-hydrogen) atoms. The molecule has 7 heteroatoms. The Hall–Kier alpha value is -1.99. The molecule has 0 amide bonds. The third kappa shape index (κ3) is 3.46. The van der Waals surface area contributed by atoms with Gasteiger partial charge < -0.3 is 10.2 Å². The molecule has 2 aliphatic heterocycles. The van der Waals surface area contributed by atoms with Crippen LogP contribution in [0.25, 0.3) is 0 Å². The van der Waals surface area contributed by atoms with Crippen molar-refractivity contribution in [3.63, 3.8) is 0 Å². The summed E-state index contributed by atoms with van der Waals surface area (Å²) in [6.07, 6.45) is 5.68. The first-order valence-corrected chi connectivity index (χ1v) is 11.0. The topological polar surface area (TPSA) is 75.2 Å². The summed E-state index contributed by atoms with van der Waals surface area (Å²) in [6, 6.07) is 8.42. The Morgan fingerprint density at radius 2 is 2.04 bits per heavy atom. The molecule has 0 saturated carbocycles. The lowest BCUT2D eigenvalue weighted by Gasteiger charge is -2.30. The molecule has 1 N–H and O–H groups in total. The van der Waals surface area contributed by atoms with Crippen LogP contribution in [-0.2, 0) is 22.8 Å². The monoisotopic (exact) mass is 372 g/mol. The number of hydrogen-bond donors (Lipinski definition) is 1. The van der Waals surface area contributed by atoms with Crippen LogP contribution in [0.5, 0.6) is 0 Å². The van der Waals surface area contributed by atoms with E-state index in [9.17, 15) is 8.42 Å². The fourth-order valence-electron chi connectivity index (χ4n) is 3.86. The van der Waals surface area contributed by atoms with E-state index >= 15 is 0 Å². The second kappa shape index (κ2) is 6.96. The first-order valence-electron chi connectivity index (χ1n) is 9.12. The van der Waals surface area contributed by atoms with Crippen LogP contribution in [0.4, 0.5) is 5.95 Å². The second-order valence-corrected chi connectivity index (χ2v) is 9.16. The number of sulfone groups is 1. The lowest BCUT2D eigenvalue weighted by Crippen LogP contribution is -2.33. The molecule has 4 rings (SSSR count). The third-order valence-corrected chi connectivity index (χ3v) is 6.38. The van der Waals surface area contributed by atoms with Crippen molar-refractivity contribution in [2.45, 2.75) is 36.6 Å². The van der Waals surface area contributed by atoms with E-state index in [-0.39, 0.29) is 10.8 Å². The molecule has 0 bridgehead atoms. The minimum absolute atomic E-state index is 0.118. The van der Waals surface area contributed by atoms with Gasteiger partial charge in [-0.15, -0.1) is 0 Å². The molecule has 1 aromatic carbocycles. The maximum absolute atomic E-state index is 12.2. The van der Waals surface area contributed by atoms with Crippen LogP contribution in [0.2, 0.25) is 0 Å². The van der Waals surface area contributed by atoms with E-state index in [1.807, 2.05) is 0 Å². The SMILES string of the molecule is CS(=O)(=O)c1cnc(N2CCc3ccccc3C2)nc1[C@H]1CCCNC1. The number of fused-ring (bicyclic) bond motifs is 1. The van der Waals surface area contributed by atoms with Crippen molar-refractivity contribution < 1.29 is 8.42 Å². The van der Waals surface area contributed by atoms with E-state index in [2.05, 4.69) is 39.5 Å². The number of piperidine rings is 1. The average molecular weight is 372 g/mol. The second-order valence-electron chi connectivity index (χ2n) is 7.18. The maximum Gasteiger partial charge on any atom is 0.225 e. The molecular weight excluding hydrogens is 348 g/mol. The van der Waals surface area contributed by atoms with E-state index in [1.165, 1.54) is 23.6 Å². The summed E-state index contributed by atoms with van der Waals surface area (Å²) in [6.45, 7) is 3.35. The lowest BCUT2D eigenvalue weighted by atomic mass is 9.96. The van der Waals surface area contributed by atoms with Crippen molar-refractivity contribution in [2.24, 2.45) is 0 Å². The fraction of sp³-hybridized carbons (Fsp3) is 0.474. The average Bonchev–Trinajstić information content (AvgIpc) is 2.67. The first-order chi connectivity index (χ1) is 12.5. The summed E-state index contributed by atoms with van der Waals surface area (Å²) in [7, 11) is -3.35. The van der Waals surface area contributed by atoms with Crippen molar-refractivity contribution >= 4 is 15.8 Å². The number of aromatic nitrogens is 2. The van der Waals surface area contributed by atoms with Crippen LogP contribution in [0.3, 0.4) is 0 Å². The normalized spacial score (nSPS) is 20.7. The van der Waals surface area contributed by atoms with E-state index in [4.69, 9.17) is 4.98 Å². The van der Waals surface area contributed by atoms with E-state index in [0.29, 0.717) is 11.6 Å². The number of rotatable bonds is 3. The number of hydrogen-bond acceptors (Lipinski definition) is 6. The summed E-state index contributed by atoms with van der Waals surface area (Å²) in [4.78, 5) is 11.6. The standard InChI is InChI=1S/C19H24N4O2S/c1-26(24,25)17-12-21-19(22-18(17)15-7-4-9-20-11-15)23-10-8-14-5-2-3-6-16(14)13-23/h2-3,5-6,12,15,20H,4,7-11,13H2,1H3/t15-/m0/s1. The van der Waals surface area contributed by atoms with Gasteiger partial charge in [-0.2, -0.15) is 0 Å². The summed E-state index contributed by atoms with van der Waals surface area (Å²) < 4.78 is 24.5. The number of benzene rings is 1. The molecule has 0 unspecified atom stereocenters. The third-order valence-electron chi connectivity index (χ3n) is 5.27. The molecule has 0 radical (unpaired) electrons.